The first-order chi connectivity index (χ1) is 8.04. The summed E-state index contributed by atoms with van der Waals surface area (Å²) in [5.74, 6) is 0.810. The lowest BCUT2D eigenvalue weighted by atomic mass is 10.3. The zero-order valence-corrected chi connectivity index (χ0v) is 10.7. The van der Waals surface area contributed by atoms with E-state index < -0.39 is 0 Å². The summed E-state index contributed by atoms with van der Waals surface area (Å²) < 4.78 is 0. The van der Waals surface area contributed by atoms with Crippen molar-refractivity contribution in [3.05, 3.63) is 18.3 Å². The molecule has 0 aliphatic carbocycles. The number of nitrogens with zero attached hydrogens (tertiary/aromatic N) is 3. The highest BCUT2D eigenvalue weighted by Gasteiger charge is 2.13. The normalized spacial score (nSPS) is 10.1. The molecular weight excluding hydrogens is 216 g/mol. The Kier molecular flexibility index (Phi) is 4.75. The van der Waals surface area contributed by atoms with Gasteiger partial charge in [-0.3, -0.25) is 4.79 Å². The quantitative estimate of drug-likeness (QED) is 0.827. The lowest BCUT2D eigenvalue weighted by molar-refractivity contribution is -0.127. The van der Waals surface area contributed by atoms with E-state index in [1.807, 2.05) is 4.90 Å². The van der Waals surface area contributed by atoms with Gasteiger partial charge in [0.15, 0.2) is 0 Å². The Morgan fingerprint density at radius 1 is 1.47 bits per heavy atom. The van der Waals surface area contributed by atoms with Crippen LogP contribution in [0.2, 0.25) is 0 Å². The van der Waals surface area contributed by atoms with Crippen LogP contribution in [-0.4, -0.2) is 43.0 Å². The Morgan fingerprint density at radius 3 is 2.71 bits per heavy atom. The SMILES string of the molecule is CCCN(CC(=O)N(C)C)c1cc(N)ccn1. The molecule has 0 saturated carbocycles. The van der Waals surface area contributed by atoms with Crippen molar-refractivity contribution in [2.45, 2.75) is 13.3 Å². The third kappa shape index (κ3) is 3.94. The minimum atomic E-state index is 0.0580. The van der Waals surface area contributed by atoms with E-state index in [0.29, 0.717) is 12.2 Å². The van der Waals surface area contributed by atoms with E-state index in [1.54, 1.807) is 37.3 Å². The number of nitrogens with two attached hydrogens (primary N) is 1. The number of carbonyl (C=O) groups excluding carboxylic acids is 1. The Balaban J connectivity index is 2.82. The second-order valence-electron chi connectivity index (χ2n) is 4.16. The van der Waals surface area contributed by atoms with Gasteiger partial charge in [-0.1, -0.05) is 6.92 Å². The van der Waals surface area contributed by atoms with E-state index in [9.17, 15) is 4.79 Å². The maximum Gasteiger partial charge on any atom is 0.241 e. The van der Waals surface area contributed by atoms with Gasteiger partial charge < -0.3 is 15.5 Å². The topological polar surface area (TPSA) is 62.5 Å². The predicted octanol–water partition coefficient (Wildman–Crippen LogP) is 0.968. The van der Waals surface area contributed by atoms with Crippen LogP contribution in [0.4, 0.5) is 11.5 Å². The van der Waals surface area contributed by atoms with Crippen LogP contribution in [0.3, 0.4) is 0 Å². The Bertz CT molecular complexity index is 379. The largest absolute Gasteiger partial charge is 0.399 e. The Labute approximate surface area is 102 Å². The lowest BCUT2D eigenvalue weighted by Crippen LogP contribution is -2.37. The fraction of sp³-hybridized carbons (Fsp3) is 0.500. The molecule has 1 amide bonds. The maximum absolute atomic E-state index is 11.7. The van der Waals surface area contributed by atoms with Gasteiger partial charge in [0.2, 0.25) is 5.91 Å². The third-order valence-corrected chi connectivity index (χ3v) is 2.41. The summed E-state index contributed by atoms with van der Waals surface area (Å²) in [5, 5.41) is 0. The minimum Gasteiger partial charge on any atom is -0.399 e. The molecular formula is C12H20N4O. The average Bonchev–Trinajstić information content (AvgIpc) is 2.28. The van der Waals surface area contributed by atoms with Crippen molar-refractivity contribution in [2.24, 2.45) is 0 Å². The minimum absolute atomic E-state index is 0.0580. The molecule has 0 aromatic carbocycles. The number of hydrogen-bond donors (Lipinski definition) is 1. The molecule has 94 valence electrons. The number of rotatable bonds is 5. The van der Waals surface area contributed by atoms with Gasteiger partial charge in [-0.25, -0.2) is 4.98 Å². The van der Waals surface area contributed by atoms with Gasteiger partial charge in [-0.15, -0.1) is 0 Å². The summed E-state index contributed by atoms with van der Waals surface area (Å²) in [6, 6.07) is 3.53. The van der Waals surface area contributed by atoms with Crippen LogP contribution in [0.1, 0.15) is 13.3 Å². The highest BCUT2D eigenvalue weighted by atomic mass is 16.2. The highest BCUT2D eigenvalue weighted by molar-refractivity contribution is 5.80. The van der Waals surface area contributed by atoms with Crippen molar-refractivity contribution in [1.29, 1.82) is 0 Å². The van der Waals surface area contributed by atoms with Crippen LogP contribution in [0, 0.1) is 0 Å². The molecule has 1 aromatic heterocycles. The highest BCUT2D eigenvalue weighted by Crippen LogP contribution is 2.14. The maximum atomic E-state index is 11.7. The molecule has 1 heterocycles. The van der Waals surface area contributed by atoms with E-state index in [0.717, 1.165) is 18.8 Å². The van der Waals surface area contributed by atoms with Gasteiger partial charge >= 0.3 is 0 Å². The molecule has 0 radical (unpaired) electrons. The zero-order valence-electron chi connectivity index (χ0n) is 10.7. The fourth-order valence-corrected chi connectivity index (χ4v) is 1.46. The number of anilines is 2. The van der Waals surface area contributed by atoms with E-state index in [4.69, 9.17) is 5.73 Å². The second kappa shape index (κ2) is 6.08. The molecule has 2 N–H and O–H groups in total. The molecule has 0 atom stereocenters. The van der Waals surface area contributed by atoms with Crippen LogP contribution >= 0.6 is 0 Å². The standard InChI is InChI=1S/C12H20N4O/c1-4-7-16(9-12(17)15(2)3)11-8-10(13)5-6-14-11/h5-6,8H,4,7,9H2,1-3H3,(H2,13,14). The van der Waals surface area contributed by atoms with E-state index in [2.05, 4.69) is 11.9 Å². The van der Waals surface area contributed by atoms with E-state index in [-0.39, 0.29) is 5.91 Å². The van der Waals surface area contributed by atoms with E-state index in [1.165, 1.54) is 0 Å². The van der Waals surface area contributed by atoms with Gasteiger partial charge in [0.25, 0.3) is 0 Å². The zero-order chi connectivity index (χ0) is 12.8. The molecule has 0 aliphatic rings. The molecule has 0 saturated heterocycles. The number of hydrogen-bond acceptors (Lipinski definition) is 4. The van der Waals surface area contributed by atoms with Crippen LogP contribution < -0.4 is 10.6 Å². The summed E-state index contributed by atoms with van der Waals surface area (Å²) in [7, 11) is 3.50. The summed E-state index contributed by atoms with van der Waals surface area (Å²) in [6.45, 7) is 3.19. The third-order valence-electron chi connectivity index (χ3n) is 2.41. The van der Waals surface area contributed by atoms with Crippen molar-refractivity contribution < 1.29 is 4.79 Å². The summed E-state index contributed by atoms with van der Waals surface area (Å²) in [5.41, 5.74) is 6.38. The van der Waals surface area contributed by atoms with Crippen LogP contribution in [-0.2, 0) is 4.79 Å². The number of pyridine rings is 1. The van der Waals surface area contributed by atoms with Crippen molar-refractivity contribution in [3.8, 4) is 0 Å². The van der Waals surface area contributed by atoms with Crippen molar-refractivity contribution in [2.75, 3.05) is 37.8 Å². The van der Waals surface area contributed by atoms with Crippen molar-refractivity contribution in [1.82, 2.24) is 9.88 Å². The second-order valence-corrected chi connectivity index (χ2v) is 4.16. The Hall–Kier alpha value is -1.78. The first kappa shape index (κ1) is 13.3. The fourth-order valence-electron chi connectivity index (χ4n) is 1.46. The molecule has 5 nitrogen and oxygen atoms in total. The van der Waals surface area contributed by atoms with Crippen LogP contribution in [0.5, 0.6) is 0 Å². The predicted molar refractivity (Wildman–Crippen MR) is 69.8 cm³/mol. The van der Waals surface area contributed by atoms with Gasteiger partial charge in [-0.2, -0.15) is 0 Å². The first-order valence-electron chi connectivity index (χ1n) is 5.71. The van der Waals surface area contributed by atoms with Crippen LogP contribution in [0.15, 0.2) is 18.3 Å². The molecule has 0 bridgehead atoms. The molecule has 1 aromatic rings. The summed E-state index contributed by atoms with van der Waals surface area (Å²) in [6.07, 6.45) is 2.62. The molecule has 5 heteroatoms. The smallest absolute Gasteiger partial charge is 0.241 e. The lowest BCUT2D eigenvalue weighted by Gasteiger charge is -2.24. The molecule has 1 rings (SSSR count). The molecule has 0 fully saturated rings. The summed E-state index contributed by atoms with van der Waals surface area (Å²) in [4.78, 5) is 19.5. The molecule has 17 heavy (non-hydrogen) atoms. The number of likely N-dealkylation sites (N-methyl/N-ethyl adjacent to an activating group) is 1. The van der Waals surface area contributed by atoms with Crippen molar-refractivity contribution in [3.63, 3.8) is 0 Å². The number of nitrogen functional groups attached to an aromatic ring is 1. The molecule has 0 unspecified atom stereocenters. The van der Waals surface area contributed by atoms with E-state index >= 15 is 0 Å². The average molecular weight is 236 g/mol. The number of aromatic nitrogens is 1. The first-order valence-corrected chi connectivity index (χ1v) is 5.71. The van der Waals surface area contributed by atoms with Gasteiger partial charge in [-0.05, 0) is 12.5 Å². The van der Waals surface area contributed by atoms with Gasteiger partial charge in [0.05, 0.1) is 6.54 Å². The van der Waals surface area contributed by atoms with Gasteiger partial charge in [0, 0.05) is 38.6 Å². The van der Waals surface area contributed by atoms with Crippen LogP contribution in [0.25, 0.3) is 0 Å². The van der Waals surface area contributed by atoms with Crippen molar-refractivity contribution >= 4 is 17.4 Å². The van der Waals surface area contributed by atoms with Gasteiger partial charge in [0.1, 0.15) is 5.82 Å². The molecule has 0 spiro atoms. The number of amides is 1. The number of carbonyl (C=O) groups is 1. The monoisotopic (exact) mass is 236 g/mol. The molecule has 0 aliphatic heterocycles. The summed E-state index contributed by atoms with van der Waals surface area (Å²) >= 11 is 0. The Morgan fingerprint density at radius 2 is 2.18 bits per heavy atom.